The van der Waals surface area contributed by atoms with E-state index in [1.54, 1.807) is 0 Å². The first-order valence-electron chi connectivity index (χ1n) is 0.144. The molecule has 0 bridgehead atoms. The Hall–Kier alpha value is 1.54. The van der Waals surface area contributed by atoms with Gasteiger partial charge in [-0.05, 0) is 0 Å². The van der Waals surface area contributed by atoms with Crippen LogP contribution in [0.3, 0.4) is 0 Å². The van der Waals surface area contributed by atoms with Crippen LogP contribution in [0.5, 0.6) is 0 Å². The van der Waals surface area contributed by atoms with E-state index in [2.05, 4.69) is 0 Å². The molecule has 0 aromatic carbocycles. The SMILES string of the molecule is O.[Ca+2].[H-].[H-].[O]=[Fe]. The van der Waals surface area contributed by atoms with Crippen LogP contribution in [0, 0.1) is 0 Å². The minimum absolute atomic E-state index is 0. The molecule has 0 aromatic heterocycles. The van der Waals surface area contributed by atoms with Crippen molar-refractivity contribution in [3.63, 3.8) is 0 Å². The van der Waals surface area contributed by atoms with Crippen molar-refractivity contribution in [1.29, 1.82) is 0 Å². The van der Waals surface area contributed by atoms with Crippen molar-refractivity contribution in [2.45, 2.75) is 0 Å². The van der Waals surface area contributed by atoms with E-state index < -0.39 is 0 Å². The van der Waals surface area contributed by atoms with E-state index in [-0.39, 0.29) is 46.1 Å². The van der Waals surface area contributed by atoms with Gasteiger partial charge >= 0.3 is 57.5 Å². The molecule has 0 atom stereocenters. The van der Waals surface area contributed by atoms with Gasteiger partial charge in [0.1, 0.15) is 0 Å². The molecule has 0 aromatic rings. The van der Waals surface area contributed by atoms with E-state index in [0.717, 1.165) is 0 Å². The fourth-order valence-electron chi connectivity index (χ4n) is 0. The molecule has 0 heterocycles. The average Bonchev–Trinajstić information content (AvgIpc) is 1.00. The van der Waals surface area contributed by atoms with E-state index in [0.29, 0.717) is 0 Å². The molecule has 0 aliphatic carbocycles. The molecule has 0 aliphatic rings. The quantitative estimate of drug-likeness (QED) is 0.386. The van der Waals surface area contributed by atoms with Crippen molar-refractivity contribution in [3.05, 3.63) is 0 Å². The van der Waals surface area contributed by atoms with Gasteiger partial charge in [-0.3, -0.25) is 0 Å². The van der Waals surface area contributed by atoms with Crippen molar-refractivity contribution < 1.29 is 28.1 Å². The molecule has 0 aliphatic heterocycles. The summed E-state index contributed by atoms with van der Waals surface area (Å²) in [6, 6.07) is 0. The molecule has 4 heavy (non-hydrogen) atoms. The summed E-state index contributed by atoms with van der Waals surface area (Å²) in [7, 11) is 0. The van der Waals surface area contributed by atoms with Crippen LogP contribution in [0.2, 0.25) is 0 Å². The maximum absolute atomic E-state index is 8.00. The Kier molecular flexibility index (Phi) is 106. The third-order valence-electron chi connectivity index (χ3n) is 0. The molecule has 0 saturated heterocycles. The second-order valence-electron chi connectivity index (χ2n) is 0. The van der Waals surface area contributed by atoms with Crippen LogP contribution in [0.1, 0.15) is 2.85 Å². The van der Waals surface area contributed by atoms with Crippen molar-refractivity contribution in [1.82, 2.24) is 0 Å². The van der Waals surface area contributed by atoms with Gasteiger partial charge in [-0.15, -0.1) is 0 Å². The minimum atomic E-state index is 0. The molecule has 2 N–H and O–H groups in total. The molecule has 0 radical (unpaired) electrons. The zero-order valence-electron chi connectivity index (χ0n) is 3.97. The first kappa shape index (κ1) is 17.7. The second-order valence-corrected chi connectivity index (χ2v) is 0. The fraction of sp³-hybridized carbons (Fsp3) is 0. The third-order valence-corrected chi connectivity index (χ3v) is 0. The fourth-order valence-corrected chi connectivity index (χ4v) is 0. The van der Waals surface area contributed by atoms with Crippen LogP contribution in [-0.4, -0.2) is 43.2 Å². The Balaban J connectivity index is -0.000000000833. The van der Waals surface area contributed by atoms with E-state index >= 15 is 0 Å². The summed E-state index contributed by atoms with van der Waals surface area (Å²) >= 11 is 2.00. The van der Waals surface area contributed by atoms with Crippen LogP contribution in [0.4, 0.5) is 0 Å². The van der Waals surface area contributed by atoms with E-state index in [9.17, 15) is 0 Å². The summed E-state index contributed by atoms with van der Waals surface area (Å²) in [5.74, 6) is 0. The topological polar surface area (TPSA) is 48.6 Å². The van der Waals surface area contributed by atoms with Crippen molar-refractivity contribution in [2.24, 2.45) is 0 Å². The first-order valence-corrected chi connectivity index (χ1v) is 0.595. The van der Waals surface area contributed by atoms with Crippen LogP contribution >= 0.6 is 0 Å². The van der Waals surface area contributed by atoms with Gasteiger partial charge in [-0.2, -0.15) is 0 Å². The summed E-state index contributed by atoms with van der Waals surface area (Å²) < 4.78 is 8.00. The van der Waals surface area contributed by atoms with Gasteiger partial charge in [-0.1, -0.05) is 0 Å². The standard InChI is InChI=1S/Ca.Fe.H2O.O.2H/h;;1H2;;;/q+2;;;;2*-1. The van der Waals surface area contributed by atoms with Gasteiger partial charge in [0.15, 0.2) is 0 Å². The Labute approximate surface area is 65.2 Å². The molecule has 2 nitrogen and oxygen atoms in total. The third kappa shape index (κ3) is 9.63. The Morgan fingerprint density at radius 3 is 1.50 bits per heavy atom. The summed E-state index contributed by atoms with van der Waals surface area (Å²) in [4.78, 5) is 0. The molecule has 0 spiro atoms. The number of hydrogen-bond donors (Lipinski definition) is 0. The molecule has 0 fully saturated rings. The first-order chi connectivity index (χ1) is 1.00. The Morgan fingerprint density at radius 1 is 1.50 bits per heavy atom. The van der Waals surface area contributed by atoms with Gasteiger partial charge < -0.3 is 8.33 Å². The zero-order chi connectivity index (χ0) is 2.00. The predicted molar refractivity (Wildman–Crippen MR) is 12.3 cm³/mol. The molecule has 26 valence electrons. The summed E-state index contributed by atoms with van der Waals surface area (Å²) in [6.07, 6.45) is 0. The van der Waals surface area contributed by atoms with Gasteiger partial charge in [0.25, 0.3) is 0 Å². The predicted octanol–water partition coefficient (Wildman–Crippen LogP) is -1.10. The van der Waals surface area contributed by atoms with Crippen molar-refractivity contribution in [2.75, 3.05) is 0 Å². The maximum atomic E-state index is 8.00. The van der Waals surface area contributed by atoms with Gasteiger partial charge in [0.05, 0.1) is 0 Å². The van der Waals surface area contributed by atoms with Crippen molar-refractivity contribution in [3.8, 4) is 0 Å². The van der Waals surface area contributed by atoms with Gasteiger partial charge in [0.2, 0.25) is 0 Å². The monoisotopic (exact) mass is 132 g/mol. The van der Waals surface area contributed by atoms with E-state index in [1.165, 1.54) is 0 Å². The average molecular weight is 132 g/mol. The van der Waals surface area contributed by atoms with Crippen LogP contribution in [0.25, 0.3) is 0 Å². The second kappa shape index (κ2) is 24.0. The van der Waals surface area contributed by atoms with E-state index in [1.807, 2.05) is 15.9 Å². The summed E-state index contributed by atoms with van der Waals surface area (Å²) in [6.45, 7) is 0. The Morgan fingerprint density at radius 2 is 1.50 bits per heavy atom. The van der Waals surface area contributed by atoms with Crippen molar-refractivity contribution >= 4 is 37.7 Å². The molecular formula is H4CaFeO2. The van der Waals surface area contributed by atoms with Crippen LogP contribution < -0.4 is 0 Å². The molecular weight excluding hydrogens is 128 g/mol. The van der Waals surface area contributed by atoms with Gasteiger partial charge in [-0.25, -0.2) is 0 Å². The molecule has 0 unspecified atom stereocenters. The number of hydrogen-bond acceptors (Lipinski definition) is 1. The molecule has 0 amide bonds. The molecule has 0 rings (SSSR count). The van der Waals surface area contributed by atoms with Crippen LogP contribution in [0.15, 0.2) is 0 Å². The van der Waals surface area contributed by atoms with Crippen LogP contribution in [-0.2, 0) is 19.8 Å². The Bertz CT molecular complexity index is 11.5. The zero-order valence-corrected chi connectivity index (χ0v) is 5.28. The van der Waals surface area contributed by atoms with Gasteiger partial charge in [0, 0.05) is 0 Å². The molecule has 4 heteroatoms. The van der Waals surface area contributed by atoms with E-state index in [4.69, 9.17) is 3.83 Å². The summed E-state index contributed by atoms with van der Waals surface area (Å²) in [5.41, 5.74) is 0. The normalized spacial score (nSPS) is 1.25. The summed E-state index contributed by atoms with van der Waals surface area (Å²) in [5, 5.41) is 0. The number of rotatable bonds is 0. The molecule has 0 saturated carbocycles.